The van der Waals surface area contributed by atoms with Crippen LogP contribution in [-0.2, 0) is 4.79 Å². The third-order valence-corrected chi connectivity index (χ3v) is 4.57. The van der Waals surface area contributed by atoms with Crippen LogP contribution in [0.15, 0.2) is 24.5 Å². The summed E-state index contributed by atoms with van der Waals surface area (Å²) in [6.45, 7) is 1.82. The summed E-state index contributed by atoms with van der Waals surface area (Å²) >= 11 is 0. The first-order chi connectivity index (χ1) is 12.1. The van der Waals surface area contributed by atoms with Gasteiger partial charge in [0.25, 0.3) is 5.91 Å². The fourth-order valence-corrected chi connectivity index (χ4v) is 3.05. The standard InChI is InChI=1S/C18H21N5O2/c1-20-18(25)14-8-13(10-21-11-14)2-5-17(24)22-6-7-23(15-3-4-15)16(9-19)12-22/h2,5,8,10-11,15-16H,3-4,6-7,12H2,1H3,(H,20,25)/b5-2+. The molecule has 1 saturated heterocycles. The van der Waals surface area contributed by atoms with E-state index in [2.05, 4.69) is 21.3 Å². The Hall–Kier alpha value is -2.72. The van der Waals surface area contributed by atoms with E-state index in [1.165, 1.54) is 12.3 Å². The first kappa shape index (κ1) is 17.1. The van der Waals surface area contributed by atoms with E-state index in [9.17, 15) is 14.9 Å². The van der Waals surface area contributed by atoms with Crippen molar-refractivity contribution in [2.24, 2.45) is 0 Å². The maximum Gasteiger partial charge on any atom is 0.252 e. The van der Waals surface area contributed by atoms with Crippen LogP contribution in [0.5, 0.6) is 0 Å². The summed E-state index contributed by atoms with van der Waals surface area (Å²) in [4.78, 5) is 32.0. The molecule has 0 aromatic carbocycles. The van der Waals surface area contributed by atoms with Crippen molar-refractivity contribution >= 4 is 17.9 Å². The minimum Gasteiger partial charge on any atom is -0.355 e. The molecule has 7 nitrogen and oxygen atoms in total. The number of aromatic nitrogens is 1. The molecule has 0 spiro atoms. The zero-order valence-corrected chi connectivity index (χ0v) is 14.2. The summed E-state index contributed by atoms with van der Waals surface area (Å²) < 4.78 is 0. The summed E-state index contributed by atoms with van der Waals surface area (Å²) in [7, 11) is 1.56. The van der Waals surface area contributed by atoms with Crippen LogP contribution in [0.25, 0.3) is 6.08 Å². The number of amides is 2. The zero-order chi connectivity index (χ0) is 17.8. The molecule has 1 aromatic heterocycles. The second kappa shape index (κ2) is 7.45. The Morgan fingerprint density at radius 1 is 1.36 bits per heavy atom. The molecule has 2 fully saturated rings. The van der Waals surface area contributed by atoms with Crippen molar-refractivity contribution < 1.29 is 9.59 Å². The maximum atomic E-state index is 12.4. The molecule has 1 atom stereocenters. The van der Waals surface area contributed by atoms with Crippen LogP contribution in [-0.4, -0.2) is 65.4 Å². The Kier molecular flexibility index (Phi) is 5.10. The number of hydrogen-bond donors (Lipinski definition) is 1. The number of rotatable bonds is 4. The molecule has 130 valence electrons. The summed E-state index contributed by atoms with van der Waals surface area (Å²) in [5.74, 6) is -0.344. The lowest BCUT2D eigenvalue weighted by Gasteiger charge is -2.38. The number of carbonyl (C=O) groups excluding carboxylic acids is 2. The SMILES string of the molecule is CNC(=O)c1cncc(/C=C/C(=O)N2CCN(C3CC3)C(C#N)C2)c1. The second-order valence-corrected chi connectivity index (χ2v) is 6.32. The molecule has 1 aliphatic carbocycles. The van der Waals surface area contributed by atoms with Gasteiger partial charge in [0.1, 0.15) is 6.04 Å². The summed E-state index contributed by atoms with van der Waals surface area (Å²) in [5.41, 5.74) is 1.13. The van der Waals surface area contributed by atoms with Crippen LogP contribution in [0.1, 0.15) is 28.8 Å². The van der Waals surface area contributed by atoms with Crippen LogP contribution in [0.3, 0.4) is 0 Å². The van der Waals surface area contributed by atoms with Gasteiger partial charge in [-0.25, -0.2) is 0 Å². The Balaban J connectivity index is 1.63. The molecular formula is C18H21N5O2. The minimum absolute atomic E-state index is 0.124. The number of pyridine rings is 1. The molecule has 1 saturated carbocycles. The predicted molar refractivity (Wildman–Crippen MR) is 92.4 cm³/mol. The molecule has 7 heteroatoms. The quantitative estimate of drug-likeness (QED) is 0.814. The van der Waals surface area contributed by atoms with Gasteiger partial charge in [0.05, 0.1) is 11.6 Å². The third-order valence-electron chi connectivity index (χ3n) is 4.57. The molecule has 2 aliphatic rings. The average molecular weight is 339 g/mol. The first-order valence-electron chi connectivity index (χ1n) is 8.42. The highest BCUT2D eigenvalue weighted by molar-refractivity contribution is 5.95. The molecule has 1 unspecified atom stereocenters. The van der Waals surface area contributed by atoms with Crippen molar-refractivity contribution in [2.45, 2.75) is 24.9 Å². The van der Waals surface area contributed by atoms with E-state index in [1.54, 1.807) is 30.3 Å². The highest BCUT2D eigenvalue weighted by atomic mass is 16.2. The van der Waals surface area contributed by atoms with Crippen molar-refractivity contribution in [1.82, 2.24) is 20.1 Å². The summed E-state index contributed by atoms with van der Waals surface area (Å²) in [6.07, 6.45) is 8.51. The molecule has 3 rings (SSSR count). The van der Waals surface area contributed by atoms with E-state index in [4.69, 9.17) is 0 Å². The third kappa shape index (κ3) is 4.03. The van der Waals surface area contributed by atoms with Gasteiger partial charge in [-0.2, -0.15) is 5.26 Å². The average Bonchev–Trinajstić information content (AvgIpc) is 3.50. The number of nitrogens with one attached hydrogen (secondary N) is 1. The predicted octanol–water partition coefficient (Wildman–Crippen LogP) is 0.653. The van der Waals surface area contributed by atoms with E-state index < -0.39 is 0 Å². The van der Waals surface area contributed by atoms with Crippen molar-refractivity contribution in [3.63, 3.8) is 0 Å². The van der Waals surface area contributed by atoms with Gasteiger partial charge in [-0.15, -0.1) is 0 Å². The molecule has 1 aliphatic heterocycles. The highest BCUT2D eigenvalue weighted by Crippen LogP contribution is 2.30. The van der Waals surface area contributed by atoms with Crippen molar-refractivity contribution in [2.75, 3.05) is 26.7 Å². The largest absolute Gasteiger partial charge is 0.355 e. The van der Waals surface area contributed by atoms with Gasteiger partial charge in [0, 0.05) is 51.2 Å². The van der Waals surface area contributed by atoms with Crippen LogP contribution in [0.2, 0.25) is 0 Å². The Bertz CT molecular complexity index is 735. The van der Waals surface area contributed by atoms with Crippen molar-refractivity contribution in [3.8, 4) is 6.07 Å². The lowest BCUT2D eigenvalue weighted by Crippen LogP contribution is -2.54. The van der Waals surface area contributed by atoms with Gasteiger partial charge in [-0.1, -0.05) is 0 Å². The highest BCUT2D eigenvalue weighted by Gasteiger charge is 2.38. The molecule has 1 aromatic rings. The smallest absolute Gasteiger partial charge is 0.252 e. The van der Waals surface area contributed by atoms with Gasteiger partial charge in [0.2, 0.25) is 5.91 Å². The number of hydrogen-bond acceptors (Lipinski definition) is 5. The van der Waals surface area contributed by atoms with E-state index in [0.29, 0.717) is 30.3 Å². The van der Waals surface area contributed by atoms with Crippen LogP contribution in [0, 0.1) is 11.3 Å². The van der Waals surface area contributed by atoms with E-state index in [-0.39, 0.29) is 17.9 Å². The van der Waals surface area contributed by atoms with E-state index in [1.807, 2.05) is 0 Å². The fraction of sp³-hybridized carbons (Fsp3) is 0.444. The molecule has 25 heavy (non-hydrogen) atoms. The molecule has 0 bridgehead atoms. The van der Waals surface area contributed by atoms with Crippen LogP contribution >= 0.6 is 0 Å². The number of nitrogens with zero attached hydrogens (tertiary/aromatic N) is 4. The van der Waals surface area contributed by atoms with Crippen LogP contribution in [0.4, 0.5) is 0 Å². The summed E-state index contributed by atoms with van der Waals surface area (Å²) in [5, 5.41) is 11.9. The monoisotopic (exact) mass is 339 g/mol. The van der Waals surface area contributed by atoms with Crippen molar-refractivity contribution in [1.29, 1.82) is 5.26 Å². The number of carbonyl (C=O) groups is 2. The lowest BCUT2D eigenvalue weighted by atomic mass is 10.1. The van der Waals surface area contributed by atoms with Gasteiger partial charge < -0.3 is 10.2 Å². The minimum atomic E-state index is -0.225. The Morgan fingerprint density at radius 2 is 2.16 bits per heavy atom. The zero-order valence-electron chi connectivity index (χ0n) is 14.2. The van der Waals surface area contributed by atoms with Crippen LogP contribution < -0.4 is 5.32 Å². The van der Waals surface area contributed by atoms with E-state index >= 15 is 0 Å². The maximum absolute atomic E-state index is 12.4. The van der Waals surface area contributed by atoms with Crippen molar-refractivity contribution in [3.05, 3.63) is 35.7 Å². The number of nitriles is 1. The van der Waals surface area contributed by atoms with E-state index in [0.717, 1.165) is 19.4 Å². The van der Waals surface area contributed by atoms with Gasteiger partial charge in [0.15, 0.2) is 0 Å². The normalized spacial score (nSPS) is 21.1. The van der Waals surface area contributed by atoms with Gasteiger partial charge >= 0.3 is 0 Å². The lowest BCUT2D eigenvalue weighted by molar-refractivity contribution is -0.128. The fourth-order valence-electron chi connectivity index (χ4n) is 3.05. The molecule has 0 radical (unpaired) electrons. The van der Waals surface area contributed by atoms with Gasteiger partial charge in [-0.3, -0.25) is 19.5 Å². The molecule has 1 N–H and O–H groups in total. The molecule has 2 heterocycles. The number of piperazine rings is 1. The molecular weight excluding hydrogens is 318 g/mol. The summed E-state index contributed by atoms with van der Waals surface area (Å²) in [6, 6.07) is 4.29. The second-order valence-electron chi connectivity index (χ2n) is 6.32. The Morgan fingerprint density at radius 3 is 2.84 bits per heavy atom. The molecule has 2 amide bonds. The Labute approximate surface area is 146 Å². The first-order valence-corrected chi connectivity index (χ1v) is 8.42. The van der Waals surface area contributed by atoms with Gasteiger partial charge in [-0.05, 0) is 30.5 Å². The topological polar surface area (TPSA) is 89.3 Å².